The van der Waals surface area contributed by atoms with E-state index in [1.807, 2.05) is 19.9 Å². The lowest BCUT2D eigenvalue weighted by molar-refractivity contribution is -0.281. The van der Waals surface area contributed by atoms with Crippen molar-refractivity contribution < 1.29 is 29.2 Å². The number of ether oxygens (including phenoxy) is 3. The highest BCUT2D eigenvalue weighted by Gasteiger charge is 2.78. The molecule has 2 bridgehead atoms. The first kappa shape index (κ1) is 23.1. The molecule has 7 rings (SSSR count). The normalized spacial score (nSPS) is 44.1. The summed E-state index contributed by atoms with van der Waals surface area (Å²) < 4.78 is 19.2. The SMILES string of the molecule is CC1(C)OC23CCC4(C)[C@@]5(C)c6[nH]c7ccccc7c6CC5C[C@H](OCCO)[C@@]4(O)C2=CC(=O)C1O3. The number of carbonyl (C=O) groups excluding carboxylic acids is 1. The van der Waals surface area contributed by atoms with E-state index in [0.29, 0.717) is 24.8 Å². The van der Waals surface area contributed by atoms with Gasteiger partial charge in [-0.15, -0.1) is 0 Å². The molecule has 2 aliphatic heterocycles. The molecule has 1 aromatic carbocycles. The van der Waals surface area contributed by atoms with Crippen molar-refractivity contribution in [2.75, 3.05) is 13.2 Å². The second-order valence-electron chi connectivity index (χ2n) is 12.5. The molecule has 3 aliphatic carbocycles. The highest BCUT2D eigenvalue weighted by atomic mass is 16.8. The minimum absolute atomic E-state index is 0.116. The molecule has 36 heavy (non-hydrogen) atoms. The minimum Gasteiger partial charge on any atom is -0.394 e. The van der Waals surface area contributed by atoms with Gasteiger partial charge in [0.05, 0.1) is 19.3 Å². The number of hydrogen-bond donors (Lipinski definition) is 3. The number of H-pyrrole nitrogens is 1. The zero-order chi connectivity index (χ0) is 25.3. The number of aliphatic hydroxyl groups is 2. The fourth-order valence-corrected chi connectivity index (χ4v) is 8.78. The number of fused-ring (bicyclic) bond motifs is 9. The largest absolute Gasteiger partial charge is 0.394 e. The molecule has 3 heterocycles. The van der Waals surface area contributed by atoms with E-state index in [-0.39, 0.29) is 24.9 Å². The Morgan fingerprint density at radius 2 is 1.94 bits per heavy atom. The monoisotopic (exact) mass is 493 g/mol. The molecule has 0 amide bonds. The Hall–Kier alpha value is -2.03. The average molecular weight is 494 g/mol. The third-order valence-electron chi connectivity index (χ3n) is 10.6. The van der Waals surface area contributed by atoms with Gasteiger partial charge < -0.3 is 29.4 Å². The van der Waals surface area contributed by atoms with Gasteiger partial charge in [0.25, 0.3) is 0 Å². The van der Waals surface area contributed by atoms with E-state index in [0.717, 1.165) is 11.9 Å². The summed E-state index contributed by atoms with van der Waals surface area (Å²) in [5, 5.41) is 23.9. The van der Waals surface area contributed by atoms with Crippen LogP contribution in [0, 0.1) is 11.3 Å². The second kappa shape index (κ2) is 6.88. The molecule has 1 aromatic heterocycles. The third-order valence-corrected chi connectivity index (χ3v) is 10.6. The van der Waals surface area contributed by atoms with Gasteiger partial charge in [-0.1, -0.05) is 32.0 Å². The van der Waals surface area contributed by atoms with E-state index in [2.05, 4.69) is 37.0 Å². The topological polar surface area (TPSA) is 101 Å². The van der Waals surface area contributed by atoms with Crippen molar-refractivity contribution in [2.45, 2.75) is 88.0 Å². The van der Waals surface area contributed by atoms with Gasteiger partial charge in [0.2, 0.25) is 0 Å². The van der Waals surface area contributed by atoms with E-state index in [1.54, 1.807) is 6.08 Å². The van der Waals surface area contributed by atoms with Crippen LogP contribution in [0.25, 0.3) is 10.9 Å². The summed E-state index contributed by atoms with van der Waals surface area (Å²) in [5.41, 5.74) is 0.700. The number of para-hydroxylation sites is 1. The van der Waals surface area contributed by atoms with Gasteiger partial charge in [-0.3, -0.25) is 4.79 Å². The number of aromatic amines is 1. The summed E-state index contributed by atoms with van der Waals surface area (Å²) in [7, 11) is 0. The Morgan fingerprint density at radius 3 is 2.72 bits per heavy atom. The average Bonchev–Trinajstić information content (AvgIpc) is 3.42. The van der Waals surface area contributed by atoms with Gasteiger partial charge in [-0.05, 0) is 56.7 Å². The molecule has 1 saturated heterocycles. The van der Waals surface area contributed by atoms with E-state index in [1.165, 1.54) is 16.6 Å². The first-order valence-electron chi connectivity index (χ1n) is 13.2. The van der Waals surface area contributed by atoms with Crippen LogP contribution in [-0.2, 0) is 30.8 Å². The number of rotatable bonds is 3. The van der Waals surface area contributed by atoms with Gasteiger partial charge in [0, 0.05) is 39.4 Å². The van der Waals surface area contributed by atoms with Gasteiger partial charge >= 0.3 is 0 Å². The molecule has 4 unspecified atom stereocenters. The summed E-state index contributed by atoms with van der Waals surface area (Å²) in [6.45, 7) is 8.16. The Balaban J connectivity index is 1.45. The van der Waals surface area contributed by atoms with Gasteiger partial charge in [-0.25, -0.2) is 0 Å². The lowest BCUT2D eigenvalue weighted by Gasteiger charge is -2.67. The molecule has 2 saturated carbocycles. The zero-order valence-electron chi connectivity index (χ0n) is 21.4. The summed E-state index contributed by atoms with van der Waals surface area (Å²) >= 11 is 0. The highest BCUT2D eigenvalue weighted by molar-refractivity contribution is 5.97. The van der Waals surface area contributed by atoms with E-state index < -0.39 is 40.0 Å². The Bertz CT molecular complexity index is 1330. The summed E-state index contributed by atoms with van der Waals surface area (Å²) in [6, 6.07) is 8.39. The zero-order valence-corrected chi connectivity index (χ0v) is 21.4. The summed E-state index contributed by atoms with van der Waals surface area (Å²) in [5.74, 6) is -1.09. The van der Waals surface area contributed by atoms with Gasteiger partial charge in [0.1, 0.15) is 11.2 Å². The van der Waals surface area contributed by atoms with Crippen LogP contribution in [0.15, 0.2) is 35.9 Å². The molecule has 192 valence electrons. The second-order valence-corrected chi connectivity index (χ2v) is 12.5. The van der Waals surface area contributed by atoms with Crippen molar-refractivity contribution in [3.8, 4) is 0 Å². The van der Waals surface area contributed by atoms with Crippen LogP contribution in [-0.4, -0.2) is 63.4 Å². The molecule has 3 fully saturated rings. The van der Waals surface area contributed by atoms with Crippen LogP contribution in [0.3, 0.4) is 0 Å². The first-order chi connectivity index (χ1) is 17.0. The number of nitrogens with one attached hydrogen (secondary N) is 1. The fourth-order valence-electron chi connectivity index (χ4n) is 8.78. The van der Waals surface area contributed by atoms with E-state index >= 15 is 0 Å². The van der Waals surface area contributed by atoms with Crippen LogP contribution in [0.5, 0.6) is 0 Å². The molecule has 7 heteroatoms. The van der Waals surface area contributed by atoms with Crippen molar-refractivity contribution in [2.24, 2.45) is 11.3 Å². The lowest BCUT2D eigenvalue weighted by Crippen LogP contribution is -2.74. The fraction of sp³-hybridized carbons (Fsp3) is 0.621. The molecule has 7 atom stereocenters. The first-order valence-corrected chi connectivity index (χ1v) is 13.2. The number of aromatic nitrogens is 1. The lowest BCUT2D eigenvalue weighted by atomic mass is 9.41. The molecule has 7 nitrogen and oxygen atoms in total. The molecule has 1 spiro atoms. The maximum Gasteiger partial charge on any atom is 0.195 e. The van der Waals surface area contributed by atoms with Crippen molar-refractivity contribution in [1.82, 2.24) is 4.98 Å². The van der Waals surface area contributed by atoms with Crippen molar-refractivity contribution in [3.05, 3.63) is 47.2 Å². The van der Waals surface area contributed by atoms with Crippen LogP contribution < -0.4 is 0 Å². The number of carbonyl (C=O) groups is 1. The number of ketones is 1. The quantitative estimate of drug-likeness (QED) is 0.607. The maximum atomic E-state index is 13.3. The number of aliphatic hydroxyl groups excluding tert-OH is 1. The minimum atomic E-state index is -1.52. The third kappa shape index (κ3) is 2.40. The predicted octanol–water partition coefficient (Wildman–Crippen LogP) is 3.31. The summed E-state index contributed by atoms with van der Waals surface area (Å²) in [4.78, 5) is 17.0. The Labute approximate surface area is 210 Å². The molecular formula is C29H35NO6. The van der Waals surface area contributed by atoms with Crippen molar-refractivity contribution >= 4 is 16.7 Å². The molecular weight excluding hydrogens is 458 g/mol. The van der Waals surface area contributed by atoms with Gasteiger partial charge in [0.15, 0.2) is 17.7 Å². The summed E-state index contributed by atoms with van der Waals surface area (Å²) in [6.07, 6.45) is 2.99. The van der Waals surface area contributed by atoms with Crippen LogP contribution >= 0.6 is 0 Å². The molecule has 5 aliphatic rings. The van der Waals surface area contributed by atoms with Gasteiger partial charge in [-0.2, -0.15) is 0 Å². The Morgan fingerprint density at radius 1 is 1.17 bits per heavy atom. The highest BCUT2D eigenvalue weighted by Crippen LogP contribution is 2.72. The number of benzene rings is 1. The van der Waals surface area contributed by atoms with Crippen LogP contribution in [0.4, 0.5) is 0 Å². The van der Waals surface area contributed by atoms with E-state index in [9.17, 15) is 15.0 Å². The van der Waals surface area contributed by atoms with E-state index in [4.69, 9.17) is 14.2 Å². The van der Waals surface area contributed by atoms with Crippen LogP contribution in [0.2, 0.25) is 0 Å². The number of hydrogen-bond acceptors (Lipinski definition) is 6. The predicted molar refractivity (Wildman–Crippen MR) is 132 cm³/mol. The smallest absolute Gasteiger partial charge is 0.195 e. The Kier molecular flexibility index (Phi) is 4.42. The van der Waals surface area contributed by atoms with Crippen molar-refractivity contribution in [1.29, 1.82) is 0 Å². The standard InChI is InChI=1S/C29H35NO6/c1-25(2)24-20(32)15-21-28(35-24,36-25)10-9-26(3)27(4)16(14-22(29(21,26)33)34-12-11-31)13-18-17-7-5-6-8-19(17)30-23(18)27/h5-8,15-16,22,24,30-31,33H,9-14H2,1-4H3/t16?,22-,24?,26?,27+,28?,29-/m0/s1. The molecule has 2 aromatic rings. The van der Waals surface area contributed by atoms with Crippen molar-refractivity contribution in [3.63, 3.8) is 0 Å². The molecule has 3 N–H and O–H groups in total. The molecule has 0 radical (unpaired) electrons. The maximum absolute atomic E-state index is 13.3. The van der Waals surface area contributed by atoms with Crippen LogP contribution in [0.1, 0.15) is 58.2 Å².